The van der Waals surface area contributed by atoms with Crippen LogP contribution in [0.1, 0.15) is 20.3 Å². The molecular formula is C15H24N2O4. The molecule has 6 nitrogen and oxygen atoms in total. The molecule has 6 heteroatoms. The van der Waals surface area contributed by atoms with Crippen LogP contribution in [0, 0.1) is 5.92 Å². The van der Waals surface area contributed by atoms with Gasteiger partial charge in [-0.25, -0.2) is 0 Å². The number of benzene rings is 1. The summed E-state index contributed by atoms with van der Waals surface area (Å²) in [5.74, 6) is 1.11. The highest BCUT2D eigenvalue weighted by atomic mass is 16.5. The van der Waals surface area contributed by atoms with Crippen molar-refractivity contribution in [2.24, 2.45) is 11.7 Å². The molecule has 0 radical (unpaired) electrons. The van der Waals surface area contributed by atoms with Crippen molar-refractivity contribution in [3.63, 3.8) is 0 Å². The number of methoxy groups -OCH3 is 1. The summed E-state index contributed by atoms with van der Waals surface area (Å²) in [6.45, 7) is 4.09. The molecule has 4 N–H and O–H groups in total. The monoisotopic (exact) mass is 296 g/mol. The SMILES string of the molecule is COc1ccc(NC(=O)C(N)CC(C)C)cc1OCCO. The number of ether oxygens (including phenoxy) is 2. The van der Waals surface area contributed by atoms with E-state index in [1.54, 1.807) is 18.2 Å². The number of amides is 1. The Kier molecular flexibility index (Phi) is 6.98. The molecule has 0 heterocycles. The molecule has 1 atom stereocenters. The lowest BCUT2D eigenvalue weighted by molar-refractivity contribution is -0.117. The molecule has 0 aliphatic carbocycles. The average molecular weight is 296 g/mol. The minimum absolute atomic E-state index is 0.0982. The second-order valence-corrected chi connectivity index (χ2v) is 5.16. The molecule has 1 aromatic carbocycles. The Morgan fingerprint density at radius 1 is 1.38 bits per heavy atom. The Labute approximate surface area is 125 Å². The quantitative estimate of drug-likeness (QED) is 0.674. The van der Waals surface area contributed by atoms with E-state index in [1.807, 2.05) is 13.8 Å². The van der Waals surface area contributed by atoms with Gasteiger partial charge in [0.2, 0.25) is 5.91 Å². The Morgan fingerprint density at radius 3 is 2.67 bits per heavy atom. The maximum Gasteiger partial charge on any atom is 0.241 e. The third-order valence-corrected chi connectivity index (χ3v) is 2.84. The highest BCUT2D eigenvalue weighted by Gasteiger charge is 2.16. The standard InChI is InChI=1S/C15H24N2O4/c1-10(2)8-12(16)15(19)17-11-4-5-13(20-3)14(9-11)21-7-6-18/h4-5,9-10,12,18H,6-8,16H2,1-3H3,(H,17,19). The second-order valence-electron chi connectivity index (χ2n) is 5.16. The Morgan fingerprint density at radius 2 is 2.10 bits per heavy atom. The fourth-order valence-electron chi connectivity index (χ4n) is 1.87. The number of nitrogens with two attached hydrogens (primary N) is 1. The molecule has 0 spiro atoms. The van der Waals surface area contributed by atoms with E-state index in [0.29, 0.717) is 29.5 Å². The number of nitrogens with one attached hydrogen (secondary N) is 1. The van der Waals surface area contributed by atoms with Gasteiger partial charge >= 0.3 is 0 Å². The molecule has 1 unspecified atom stereocenters. The van der Waals surface area contributed by atoms with Crippen LogP contribution in [0.4, 0.5) is 5.69 Å². The highest BCUT2D eigenvalue weighted by molar-refractivity contribution is 5.94. The number of carbonyl (C=O) groups excluding carboxylic acids is 1. The van der Waals surface area contributed by atoms with Gasteiger partial charge in [-0.3, -0.25) is 4.79 Å². The van der Waals surface area contributed by atoms with E-state index in [4.69, 9.17) is 20.3 Å². The van der Waals surface area contributed by atoms with Crippen molar-refractivity contribution in [3.8, 4) is 11.5 Å². The van der Waals surface area contributed by atoms with Crippen LogP contribution < -0.4 is 20.5 Å². The molecule has 0 aliphatic rings. The van der Waals surface area contributed by atoms with Crippen LogP contribution in [-0.2, 0) is 4.79 Å². The highest BCUT2D eigenvalue weighted by Crippen LogP contribution is 2.30. The summed E-state index contributed by atoms with van der Waals surface area (Å²) in [4.78, 5) is 12.0. The minimum Gasteiger partial charge on any atom is -0.493 e. The first-order valence-corrected chi connectivity index (χ1v) is 6.96. The van der Waals surface area contributed by atoms with E-state index in [0.717, 1.165) is 0 Å². The van der Waals surface area contributed by atoms with E-state index < -0.39 is 6.04 Å². The van der Waals surface area contributed by atoms with Gasteiger partial charge in [0.05, 0.1) is 19.8 Å². The summed E-state index contributed by atoms with van der Waals surface area (Å²) in [5.41, 5.74) is 6.42. The summed E-state index contributed by atoms with van der Waals surface area (Å²) < 4.78 is 10.5. The molecule has 0 bridgehead atoms. The van der Waals surface area contributed by atoms with Gasteiger partial charge in [-0.05, 0) is 24.5 Å². The number of anilines is 1. The van der Waals surface area contributed by atoms with Crippen LogP contribution in [-0.4, -0.2) is 37.4 Å². The molecule has 1 aromatic rings. The molecule has 118 valence electrons. The first-order valence-electron chi connectivity index (χ1n) is 6.96. The van der Waals surface area contributed by atoms with Crippen molar-refractivity contribution in [3.05, 3.63) is 18.2 Å². The van der Waals surface area contributed by atoms with Crippen molar-refractivity contribution >= 4 is 11.6 Å². The molecular weight excluding hydrogens is 272 g/mol. The third-order valence-electron chi connectivity index (χ3n) is 2.84. The van der Waals surface area contributed by atoms with Gasteiger partial charge in [0.15, 0.2) is 11.5 Å². The van der Waals surface area contributed by atoms with Crippen molar-refractivity contribution in [2.75, 3.05) is 25.6 Å². The predicted octanol–water partition coefficient (Wildman–Crippen LogP) is 1.38. The van der Waals surface area contributed by atoms with Gasteiger partial charge in [0.1, 0.15) is 6.61 Å². The van der Waals surface area contributed by atoms with E-state index >= 15 is 0 Å². The number of aliphatic hydroxyl groups is 1. The number of aliphatic hydroxyl groups excluding tert-OH is 1. The molecule has 0 aromatic heterocycles. The molecule has 1 rings (SSSR count). The van der Waals surface area contributed by atoms with E-state index in [2.05, 4.69) is 5.32 Å². The summed E-state index contributed by atoms with van der Waals surface area (Å²) in [6.07, 6.45) is 0.621. The van der Waals surface area contributed by atoms with Gasteiger partial charge in [-0.1, -0.05) is 13.8 Å². The fraction of sp³-hybridized carbons (Fsp3) is 0.533. The van der Waals surface area contributed by atoms with E-state index in [9.17, 15) is 4.79 Å². The van der Waals surface area contributed by atoms with Crippen LogP contribution >= 0.6 is 0 Å². The second kappa shape index (κ2) is 8.49. The summed E-state index contributed by atoms with van der Waals surface area (Å²) in [5, 5.41) is 11.6. The van der Waals surface area contributed by atoms with Crippen molar-refractivity contribution in [1.82, 2.24) is 0 Å². The lowest BCUT2D eigenvalue weighted by atomic mass is 10.0. The number of rotatable bonds is 8. The van der Waals surface area contributed by atoms with E-state index in [1.165, 1.54) is 7.11 Å². The van der Waals surface area contributed by atoms with Crippen LogP contribution in [0.25, 0.3) is 0 Å². The lowest BCUT2D eigenvalue weighted by Gasteiger charge is -2.16. The van der Waals surface area contributed by atoms with Gasteiger partial charge in [-0.15, -0.1) is 0 Å². The lowest BCUT2D eigenvalue weighted by Crippen LogP contribution is -2.36. The van der Waals surface area contributed by atoms with E-state index in [-0.39, 0.29) is 19.1 Å². The Balaban J connectivity index is 2.76. The third kappa shape index (κ3) is 5.61. The number of carbonyl (C=O) groups is 1. The molecule has 0 fully saturated rings. The zero-order valence-electron chi connectivity index (χ0n) is 12.8. The Bertz CT molecular complexity index is 463. The number of hydrogen-bond acceptors (Lipinski definition) is 5. The zero-order chi connectivity index (χ0) is 15.8. The maximum atomic E-state index is 12.0. The number of hydrogen-bond donors (Lipinski definition) is 3. The maximum absolute atomic E-state index is 12.0. The van der Waals surface area contributed by atoms with Crippen molar-refractivity contribution in [1.29, 1.82) is 0 Å². The molecule has 0 saturated carbocycles. The zero-order valence-corrected chi connectivity index (χ0v) is 12.8. The normalized spacial score (nSPS) is 12.1. The largest absolute Gasteiger partial charge is 0.493 e. The molecule has 0 aliphatic heterocycles. The summed E-state index contributed by atoms with van der Waals surface area (Å²) in [7, 11) is 1.53. The van der Waals surface area contributed by atoms with Crippen LogP contribution in [0.5, 0.6) is 11.5 Å². The van der Waals surface area contributed by atoms with Gasteiger partial charge in [-0.2, -0.15) is 0 Å². The van der Waals surface area contributed by atoms with Crippen molar-refractivity contribution < 1.29 is 19.4 Å². The first kappa shape index (κ1) is 17.3. The molecule has 0 saturated heterocycles. The van der Waals surface area contributed by atoms with Crippen LogP contribution in [0.3, 0.4) is 0 Å². The van der Waals surface area contributed by atoms with Crippen molar-refractivity contribution in [2.45, 2.75) is 26.3 Å². The average Bonchev–Trinajstić information content (AvgIpc) is 2.44. The van der Waals surface area contributed by atoms with Gasteiger partial charge < -0.3 is 25.6 Å². The molecule has 21 heavy (non-hydrogen) atoms. The summed E-state index contributed by atoms with van der Waals surface area (Å²) in [6, 6.07) is 4.50. The first-order chi connectivity index (χ1) is 9.97. The topological polar surface area (TPSA) is 93.8 Å². The fourth-order valence-corrected chi connectivity index (χ4v) is 1.87. The summed E-state index contributed by atoms with van der Waals surface area (Å²) >= 11 is 0. The van der Waals surface area contributed by atoms with Gasteiger partial charge in [0, 0.05) is 11.8 Å². The minimum atomic E-state index is -0.547. The Hall–Kier alpha value is -1.79. The van der Waals surface area contributed by atoms with Gasteiger partial charge in [0.25, 0.3) is 0 Å². The van der Waals surface area contributed by atoms with Crippen LogP contribution in [0.2, 0.25) is 0 Å². The molecule has 1 amide bonds. The smallest absolute Gasteiger partial charge is 0.241 e. The van der Waals surface area contributed by atoms with Crippen LogP contribution in [0.15, 0.2) is 18.2 Å². The predicted molar refractivity (Wildman–Crippen MR) is 81.6 cm³/mol.